The molecule has 5 heteroatoms. The molecule has 0 radical (unpaired) electrons. The Morgan fingerprint density at radius 2 is 1.39 bits per heavy atom. The second-order valence-corrected chi connectivity index (χ2v) is 9.47. The molecule has 4 aliphatic carbocycles. The van der Waals surface area contributed by atoms with Gasteiger partial charge in [0.1, 0.15) is 5.75 Å². The van der Waals surface area contributed by atoms with Crippen LogP contribution < -0.4 is 4.74 Å². The van der Waals surface area contributed by atoms with Crippen molar-refractivity contribution in [3.63, 3.8) is 0 Å². The molecule has 0 spiro atoms. The molecule has 28 heavy (non-hydrogen) atoms. The van der Waals surface area contributed by atoms with Crippen molar-refractivity contribution < 1.29 is 14.3 Å². The van der Waals surface area contributed by atoms with Gasteiger partial charge in [-0.25, -0.2) is 0 Å². The minimum Gasteiger partial charge on any atom is -0.484 e. The van der Waals surface area contributed by atoms with Crippen LogP contribution in [0.25, 0.3) is 0 Å². The first-order valence-corrected chi connectivity index (χ1v) is 10.9. The van der Waals surface area contributed by atoms with Crippen LogP contribution in [0.3, 0.4) is 0 Å². The predicted molar refractivity (Wildman–Crippen MR) is 106 cm³/mol. The Morgan fingerprint density at radius 1 is 0.857 bits per heavy atom. The van der Waals surface area contributed by atoms with Crippen LogP contribution in [0, 0.1) is 23.2 Å². The van der Waals surface area contributed by atoms with Crippen molar-refractivity contribution in [2.45, 2.75) is 38.5 Å². The molecule has 0 atom stereocenters. The number of benzene rings is 1. The van der Waals surface area contributed by atoms with Gasteiger partial charge in [-0.05, 0) is 68.4 Å². The molecule has 4 saturated carbocycles. The van der Waals surface area contributed by atoms with Crippen LogP contribution >= 0.6 is 0 Å². The highest BCUT2D eigenvalue weighted by atomic mass is 16.5. The first-order chi connectivity index (χ1) is 13.6. The maximum absolute atomic E-state index is 13.4. The Labute approximate surface area is 167 Å². The van der Waals surface area contributed by atoms with E-state index in [4.69, 9.17) is 4.74 Å². The number of para-hydroxylation sites is 1. The van der Waals surface area contributed by atoms with Crippen LogP contribution in [0.1, 0.15) is 38.5 Å². The third-order valence-electron chi connectivity index (χ3n) is 7.52. The Morgan fingerprint density at radius 3 is 1.96 bits per heavy atom. The minimum atomic E-state index is -0.0721. The highest BCUT2D eigenvalue weighted by Gasteiger charge is 2.55. The van der Waals surface area contributed by atoms with E-state index in [0.717, 1.165) is 37.0 Å². The zero-order valence-electron chi connectivity index (χ0n) is 16.5. The number of hydrogen-bond acceptors (Lipinski definition) is 3. The molecule has 6 rings (SSSR count). The van der Waals surface area contributed by atoms with Gasteiger partial charge in [0.05, 0.1) is 5.41 Å². The molecule has 150 valence electrons. The van der Waals surface area contributed by atoms with Gasteiger partial charge in [-0.3, -0.25) is 9.59 Å². The molecule has 2 amide bonds. The Balaban J connectivity index is 1.15. The van der Waals surface area contributed by atoms with Gasteiger partial charge in [-0.2, -0.15) is 0 Å². The van der Waals surface area contributed by atoms with E-state index in [1.54, 1.807) is 0 Å². The molecular formula is C23H30N2O3. The van der Waals surface area contributed by atoms with Crippen molar-refractivity contribution >= 4 is 11.8 Å². The minimum absolute atomic E-state index is 0.00533. The second kappa shape index (κ2) is 7.09. The molecule has 1 aliphatic heterocycles. The van der Waals surface area contributed by atoms with Crippen molar-refractivity contribution in [3.05, 3.63) is 30.3 Å². The average Bonchev–Trinajstić information content (AvgIpc) is 2.71. The zero-order valence-corrected chi connectivity index (χ0v) is 16.5. The van der Waals surface area contributed by atoms with Crippen LogP contribution in [-0.2, 0) is 9.59 Å². The summed E-state index contributed by atoms with van der Waals surface area (Å²) < 4.78 is 5.59. The molecule has 4 bridgehead atoms. The van der Waals surface area contributed by atoms with Gasteiger partial charge in [0, 0.05) is 26.2 Å². The molecule has 0 unspecified atom stereocenters. The van der Waals surface area contributed by atoms with Gasteiger partial charge >= 0.3 is 0 Å². The highest BCUT2D eigenvalue weighted by Crippen LogP contribution is 2.60. The lowest BCUT2D eigenvalue weighted by molar-refractivity contribution is -0.160. The number of amides is 2. The summed E-state index contributed by atoms with van der Waals surface area (Å²) in [5.41, 5.74) is -0.0721. The summed E-state index contributed by atoms with van der Waals surface area (Å²) in [6.45, 7) is 2.63. The fourth-order valence-electron chi connectivity index (χ4n) is 6.62. The largest absolute Gasteiger partial charge is 0.484 e. The zero-order chi connectivity index (χ0) is 19.1. The summed E-state index contributed by atoms with van der Waals surface area (Å²) >= 11 is 0. The van der Waals surface area contributed by atoms with Gasteiger partial charge in [-0.1, -0.05) is 18.2 Å². The molecule has 1 aromatic rings. The summed E-state index contributed by atoms with van der Waals surface area (Å²) in [6, 6.07) is 9.43. The van der Waals surface area contributed by atoms with Crippen molar-refractivity contribution in [2.75, 3.05) is 32.8 Å². The lowest BCUT2D eigenvalue weighted by atomic mass is 9.49. The number of nitrogens with zero attached hydrogens (tertiary/aromatic N) is 2. The quantitative estimate of drug-likeness (QED) is 0.804. The van der Waals surface area contributed by atoms with Crippen LogP contribution in [0.4, 0.5) is 0 Å². The predicted octanol–water partition coefficient (Wildman–Crippen LogP) is 2.95. The molecule has 0 N–H and O–H groups in total. The lowest BCUT2D eigenvalue weighted by Crippen LogP contribution is -2.58. The summed E-state index contributed by atoms with van der Waals surface area (Å²) in [7, 11) is 0. The molecular weight excluding hydrogens is 352 g/mol. The van der Waals surface area contributed by atoms with Crippen LogP contribution in [0.5, 0.6) is 5.75 Å². The van der Waals surface area contributed by atoms with Gasteiger partial charge in [0.25, 0.3) is 5.91 Å². The summed E-state index contributed by atoms with van der Waals surface area (Å²) in [5, 5.41) is 0. The van der Waals surface area contributed by atoms with Crippen molar-refractivity contribution in [1.29, 1.82) is 0 Å². The maximum atomic E-state index is 13.4. The van der Waals surface area contributed by atoms with E-state index in [9.17, 15) is 9.59 Å². The smallest absolute Gasteiger partial charge is 0.260 e. The van der Waals surface area contributed by atoms with Crippen LogP contribution in [0.2, 0.25) is 0 Å². The van der Waals surface area contributed by atoms with Crippen molar-refractivity contribution in [1.82, 2.24) is 9.80 Å². The summed E-state index contributed by atoms with van der Waals surface area (Å²) in [6.07, 6.45) is 7.41. The fourth-order valence-corrected chi connectivity index (χ4v) is 6.62. The van der Waals surface area contributed by atoms with Crippen LogP contribution in [0.15, 0.2) is 30.3 Å². The topological polar surface area (TPSA) is 49.9 Å². The standard InChI is InChI=1S/C23H30N2O3/c26-21(16-28-20-4-2-1-3-5-20)24-6-8-25(9-7-24)22(27)23-13-17-10-18(14-23)12-19(11-17)15-23/h1-5,17-19H,6-16H2. The highest BCUT2D eigenvalue weighted by molar-refractivity contribution is 5.84. The van der Waals surface area contributed by atoms with E-state index in [1.165, 1.54) is 19.3 Å². The number of carbonyl (C=O) groups excluding carboxylic acids is 2. The maximum Gasteiger partial charge on any atom is 0.260 e. The average molecular weight is 383 g/mol. The van der Waals surface area contributed by atoms with E-state index >= 15 is 0 Å². The number of hydrogen-bond donors (Lipinski definition) is 0. The number of ether oxygens (including phenoxy) is 1. The number of carbonyl (C=O) groups is 2. The van der Waals surface area contributed by atoms with Gasteiger partial charge < -0.3 is 14.5 Å². The number of rotatable bonds is 4. The van der Waals surface area contributed by atoms with Gasteiger partial charge in [0.2, 0.25) is 5.91 Å². The van der Waals surface area contributed by atoms with E-state index in [-0.39, 0.29) is 17.9 Å². The Bertz CT molecular complexity index is 704. The molecule has 1 heterocycles. The SMILES string of the molecule is O=C(COc1ccccc1)N1CCN(C(=O)C23CC4CC(CC(C4)C2)C3)CC1. The first-order valence-electron chi connectivity index (χ1n) is 10.9. The fraction of sp³-hybridized carbons (Fsp3) is 0.652. The molecule has 1 saturated heterocycles. The van der Waals surface area contributed by atoms with E-state index in [2.05, 4.69) is 4.90 Å². The summed E-state index contributed by atoms with van der Waals surface area (Å²) in [5.74, 6) is 3.46. The second-order valence-electron chi connectivity index (χ2n) is 9.47. The number of piperazine rings is 1. The molecule has 5 aliphatic rings. The Kier molecular flexibility index (Phi) is 4.56. The van der Waals surface area contributed by atoms with Gasteiger partial charge in [0.15, 0.2) is 6.61 Å². The first kappa shape index (κ1) is 18.0. The molecule has 5 fully saturated rings. The van der Waals surface area contributed by atoms with Crippen LogP contribution in [-0.4, -0.2) is 54.4 Å². The molecule has 5 nitrogen and oxygen atoms in total. The molecule has 0 aromatic heterocycles. The van der Waals surface area contributed by atoms with E-state index < -0.39 is 0 Å². The Hall–Kier alpha value is -2.04. The normalized spacial score (nSPS) is 33.8. The van der Waals surface area contributed by atoms with Gasteiger partial charge in [-0.15, -0.1) is 0 Å². The lowest BCUT2D eigenvalue weighted by Gasteiger charge is -2.57. The monoisotopic (exact) mass is 382 g/mol. The molecule has 1 aromatic carbocycles. The summed E-state index contributed by atoms with van der Waals surface area (Å²) in [4.78, 5) is 29.8. The third-order valence-corrected chi connectivity index (χ3v) is 7.52. The third kappa shape index (κ3) is 3.29. The van der Waals surface area contributed by atoms with E-state index in [0.29, 0.717) is 37.8 Å². The van der Waals surface area contributed by atoms with Crippen molar-refractivity contribution in [3.8, 4) is 5.75 Å². The van der Waals surface area contributed by atoms with E-state index in [1.807, 2.05) is 35.2 Å². The van der Waals surface area contributed by atoms with Crippen molar-refractivity contribution in [2.24, 2.45) is 23.2 Å².